The van der Waals surface area contributed by atoms with Crippen LogP contribution < -0.4 is 0 Å². The molecule has 0 atom stereocenters. The van der Waals surface area contributed by atoms with Gasteiger partial charge in [0.15, 0.2) is 0 Å². The van der Waals surface area contributed by atoms with Gasteiger partial charge in [-0.2, -0.15) is 0 Å². The van der Waals surface area contributed by atoms with Crippen molar-refractivity contribution in [3.63, 3.8) is 0 Å². The summed E-state index contributed by atoms with van der Waals surface area (Å²) >= 11 is 0. The molecule has 1 heterocycles. The second kappa shape index (κ2) is 21.3. The molecule has 0 aromatic rings. The number of unbranched alkanes of at least 4 members (excludes halogenated alkanes) is 3. The molecule has 0 N–H and O–H groups in total. The van der Waals surface area contributed by atoms with E-state index >= 15 is 0 Å². The third-order valence-corrected chi connectivity index (χ3v) is 7.49. The van der Waals surface area contributed by atoms with E-state index in [0.717, 1.165) is 0 Å². The van der Waals surface area contributed by atoms with Gasteiger partial charge in [-0.25, -0.2) is 0 Å². The normalized spacial score (nSPS) is 17.6. The molecule has 0 aromatic heterocycles. The molecule has 2 nitrogen and oxygen atoms in total. The average molecular weight is 744 g/mol. The zero-order valence-corrected chi connectivity index (χ0v) is 26.7. The molecule has 0 amide bonds. The fraction of sp³-hybridized carbons (Fsp3) is 0.720. The molecule has 0 aromatic carbocycles. The number of hydrogen-bond donors (Lipinski definition) is 0. The van der Waals surface area contributed by atoms with Gasteiger partial charge in [0.2, 0.25) is 6.67 Å². The van der Waals surface area contributed by atoms with Crippen LogP contribution in [0.3, 0.4) is 0 Å². The standard InChI is InChI=1S/C12H27P.C8H12.C5H8N2.F6P.Ir/c1-4-7-10-13(11-8-5-2)12-9-6-3;1-2-4-6-8-7-5-3-1;1-6-3-4-7(2)5-6;1-7(2,3,4,5)6;/h4-12H2,1-3H3;1-2,7-8H,3-6H2;3-4H,1-2H3;;/q;;;-1;. The zero-order valence-electron chi connectivity index (χ0n) is 22.5. The molecule has 11 heteroatoms. The van der Waals surface area contributed by atoms with Crippen LogP contribution in [-0.2, 0) is 20.1 Å². The molecule has 36 heavy (non-hydrogen) atoms. The number of hydrogen-bond acceptors (Lipinski definition) is 2. The average Bonchev–Trinajstić information content (AvgIpc) is 3.08. The molecule has 0 spiro atoms. The fourth-order valence-corrected chi connectivity index (χ4v) is 5.81. The summed E-state index contributed by atoms with van der Waals surface area (Å²) in [5.41, 5.74) is 0. The second-order valence-electron chi connectivity index (χ2n) is 8.58. The van der Waals surface area contributed by atoms with Gasteiger partial charge in [0.25, 0.3) is 0 Å². The van der Waals surface area contributed by atoms with Gasteiger partial charge in [0, 0.05) is 46.6 Å². The van der Waals surface area contributed by atoms with Crippen LogP contribution in [0.1, 0.15) is 85.0 Å². The van der Waals surface area contributed by atoms with E-state index in [2.05, 4.69) is 53.1 Å². The Kier molecular flexibility index (Phi) is 24.2. The molecule has 1 fully saturated rings. The minimum atomic E-state index is -10.7. The maximum Gasteiger partial charge on any atom is 0 e. The molecule has 0 saturated heterocycles. The topological polar surface area (TPSA) is 6.48 Å². The summed E-state index contributed by atoms with van der Waals surface area (Å²) in [6.07, 6.45) is 31.1. The van der Waals surface area contributed by atoms with Crippen molar-refractivity contribution in [2.45, 2.75) is 85.0 Å². The molecule has 219 valence electrons. The first-order valence-corrected chi connectivity index (χ1v) is 16.5. The first kappa shape index (κ1) is 40.9. The quantitative estimate of drug-likeness (QED) is 0.171. The van der Waals surface area contributed by atoms with Crippen LogP contribution in [0.5, 0.6) is 0 Å². The Morgan fingerprint density at radius 1 is 0.639 bits per heavy atom. The summed E-state index contributed by atoms with van der Waals surface area (Å²) in [7, 11) is -6.35. The minimum absolute atomic E-state index is 0. The SMILES string of the molecule is CCCCP(CCCC)CCCC.CN1[C]N(C)C=C1.F[P-](F)(F)(F)(F)F.[CH]1[CH]CC[CH][CH]CC1.[Ir]. The predicted octanol–water partition coefficient (Wildman–Crippen LogP) is 11.0. The Morgan fingerprint density at radius 2 is 0.889 bits per heavy atom. The molecule has 2 aliphatic rings. The summed E-state index contributed by atoms with van der Waals surface area (Å²) in [6, 6.07) is 0. The van der Waals surface area contributed by atoms with Crippen molar-refractivity contribution >= 4 is 15.7 Å². The van der Waals surface area contributed by atoms with Crippen molar-refractivity contribution in [3.05, 3.63) is 44.8 Å². The maximum absolute atomic E-state index is 10.7. The third kappa shape index (κ3) is 44.4. The summed E-state index contributed by atoms with van der Waals surface area (Å²) in [5, 5.41) is 0. The first-order valence-electron chi connectivity index (χ1n) is 12.6. The van der Waals surface area contributed by atoms with Gasteiger partial charge in [-0.3, -0.25) is 0 Å². The van der Waals surface area contributed by atoms with Crippen LogP contribution in [0, 0.1) is 32.4 Å². The summed E-state index contributed by atoms with van der Waals surface area (Å²) < 4.78 is 59.2. The van der Waals surface area contributed by atoms with Crippen molar-refractivity contribution < 1.29 is 45.3 Å². The summed E-state index contributed by atoms with van der Waals surface area (Å²) in [5.74, 6) is 0. The molecule has 1 saturated carbocycles. The Hall–Kier alpha value is 0.429. The van der Waals surface area contributed by atoms with Crippen LogP contribution in [0.2, 0.25) is 0 Å². The van der Waals surface area contributed by atoms with Crippen LogP contribution in [0.15, 0.2) is 12.4 Å². The Labute approximate surface area is 232 Å². The van der Waals surface area contributed by atoms with Crippen LogP contribution in [0.4, 0.5) is 25.2 Å². The Balaban J connectivity index is -0.000000414. The van der Waals surface area contributed by atoms with Crippen molar-refractivity contribution in [1.82, 2.24) is 9.80 Å². The second-order valence-corrected chi connectivity index (χ2v) is 13.2. The van der Waals surface area contributed by atoms with Crippen LogP contribution >= 0.6 is 15.7 Å². The molecule has 0 bridgehead atoms. The molecule has 7 radical (unpaired) electrons. The number of halogens is 6. The summed E-state index contributed by atoms with van der Waals surface area (Å²) in [4.78, 5) is 3.75. The van der Waals surface area contributed by atoms with Gasteiger partial charge < -0.3 is 9.80 Å². The third-order valence-electron chi connectivity index (χ3n) is 4.65. The fourth-order valence-electron chi connectivity index (χ4n) is 2.85. The smallest absolute Gasteiger partial charge is 0 e. The Bertz CT molecular complexity index is 457. The molecule has 1 aliphatic carbocycles. The predicted molar refractivity (Wildman–Crippen MR) is 143 cm³/mol. The minimum Gasteiger partial charge on any atom is -0.0496 e. The maximum atomic E-state index is 9.87. The molecular formula is C25H47F6IrN2P2-. The van der Waals surface area contributed by atoms with Gasteiger partial charge >= 0.3 is 33.0 Å². The molecular weight excluding hydrogens is 696 g/mol. The van der Waals surface area contributed by atoms with Gasteiger partial charge in [0.1, 0.15) is 0 Å². The van der Waals surface area contributed by atoms with E-state index in [9.17, 15) is 25.2 Å². The van der Waals surface area contributed by atoms with Crippen molar-refractivity contribution in [2.24, 2.45) is 0 Å². The van der Waals surface area contributed by atoms with E-state index in [1.54, 1.807) is 18.5 Å². The van der Waals surface area contributed by atoms with E-state index in [1.165, 1.54) is 64.2 Å². The van der Waals surface area contributed by atoms with E-state index in [1.807, 2.05) is 36.3 Å². The van der Waals surface area contributed by atoms with Gasteiger partial charge in [-0.05, 0) is 89.1 Å². The van der Waals surface area contributed by atoms with E-state index in [0.29, 0.717) is 7.92 Å². The summed E-state index contributed by atoms with van der Waals surface area (Å²) in [6.45, 7) is 9.91. The van der Waals surface area contributed by atoms with Gasteiger partial charge in [0.05, 0.1) is 0 Å². The number of rotatable bonds is 9. The van der Waals surface area contributed by atoms with Gasteiger partial charge in [-0.1, -0.05) is 40.0 Å². The van der Waals surface area contributed by atoms with Crippen molar-refractivity contribution in [2.75, 3.05) is 32.6 Å². The monoisotopic (exact) mass is 744 g/mol. The van der Waals surface area contributed by atoms with Crippen LogP contribution in [0.25, 0.3) is 0 Å². The van der Waals surface area contributed by atoms with E-state index < -0.39 is 7.81 Å². The van der Waals surface area contributed by atoms with Crippen molar-refractivity contribution in [1.29, 1.82) is 0 Å². The Morgan fingerprint density at radius 3 is 1.06 bits per heavy atom. The molecule has 0 unspecified atom stereocenters. The van der Waals surface area contributed by atoms with Gasteiger partial charge in [-0.15, -0.1) is 7.92 Å². The largest absolute Gasteiger partial charge is 0.0496 e. The van der Waals surface area contributed by atoms with Crippen molar-refractivity contribution in [3.8, 4) is 0 Å². The number of nitrogens with zero attached hydrogens (tertiary/aromatic N) is 2. The molecule has 1 aliphatic heterocycles. The van der Waals surface area contributed by atoms with E-state index in [-0.39, 0.29) is 20.1 Å². The van der Waals surface area contributed by atoms with E-state index in [4.69, 9.17) is 0 Å². The first-order chi connectivity index (χ1) is 16.1. The molecule has 2 rings (SSSR count). The van der Waals surface area contributed by atoms with Crippen LogP contribution in [-0.4, -0.2) is 42.4 Å². The zero-order chi connectivity index (χ0) is 27.3.